The van der Waals surface area contributed by atoms with E-state index in [0.29, 0.717) is 35.1 Å². The van der Waals surface area contributed by atoms with E-state index in [-0.39, 0.29) is 5.82 Å². The summed E-state index contributed by atoms with van der Waals surface area (Å²) < 4.78 is 19.0. The molecular formula is C15H15ClFNO. The van der Waals surface area contributed by atoms with Crippen molar-refractivity contribution in [3.8, 4) is 11.5 Å². The van der Waals surface area contributed by atoms with E-state index in [1.165, 1.54) is 6.07 Å². The molecule has 0 saturated heterocycles. The van der Waals surface area contributed by atoms with Crippen LogP contribution in [0.2, 0.25) is 5.02 Å². The summed E-state index contributed by atoms with van der Waals surface area (Å²) in [5.41, 5.74) is 7.06. The summed E-state index contributed by atoms with van der Waals surface area (Å²) in [5.74, 6) is 1.05. The average molecular weight is 280 g/mol. The molecule has 2 rings (SSSR count). The van der Waals surface area contributed by atoms with Crippen molar-refractivity contribution in [1.82, 2.24) is 0 Å². The van der Waals surface area contributed by atoms with Gasteiger partial charge in [-0.1, -0.05) is 11.6 Å². The molecule has 2 nitrogen and oxygen atoms in total. The summed E-state index contributed by atoms with van der Waals surface area (Å²) in [4.78, 5) is 0. The van der Waals surface area contributed by atoms with Crippen LogP contribution in [0.1, 0.15) is 11.1 Å². The first-order valence-corrected chi connectivity index (χ1v) is 6.40. The van der Waals surface area contributed by atoms with E-state index in [1.54, 1.807) is 31.2 Å². The molecule has 0 saturated carbocycles. The number of rotatable bonds is 4. The average Bonchev–Trinajstić information content (AvgIpc) is 2.37. The molecule has 0 radical (unpaired) electrons. The second-order valence-electron chi connectivity index (χ2n) is 4.30. The lowest BCUT2D eigenvalue weighted by atomic mass is 10.1. The third kappa shape index (κ3) is 3.46. The number of halogens is 2. The largest absolute Gasteiger partial charge is 0.457 e. The Labute approximate surface area is 117 Å². The zero-order valence-corrected chi connectivity index (χ0v) is 11.4. The van der Waals surface area contributed by atoms with Gasteiger partial charge in [-0.3, -0.25) is 0 Å². The number of benzene rings is 2. The van der Waals surface area contributed by atoms with Crippen LogP contribution in [-0.4, -0.2) is 6.54 Å². The zero-order valence-electron chi connectivity index (χ0n) is 10.6. The lowest BCUT2D eigenvalue weighted by Crippen LogP contribution is -2.04. The molecule has 2 aromatic carbocycles. The van der Waals surface area contributed by atoms with Gasteiger partial charge in [-0.2, -0.15) is 0 Å². The third-order valence-electron chi connectivity index (χ3n) is 2.79. The van der Waals surface area contributed by atoms with Crippen molar-refractivity contribution in [3.63, 3.8) is 0 Å². The Kier molecular flexibility index (Phi) is 4.40. The summed E-state index contributed by atoms with van der Waals surface area (Å²) in [6.07, 6.45) is 0.677. The Balaban J connectivity index is 2.29. The molecule has 0 spiro atoms. The Bertz CT molecular complexity index is 586. The van der Waals surface area contributed by atoms with E-state index in [1.807, 2.05) is 6.07 Å². The molecule has 0 unspecified atom stereocenters. The van der Waals surface area contributed by atoms with Crippen LogP contribution in [-0.2, 0) is 6.42 Å². The molecular weight excluding hydrogens is 265 g/mol. The first kappa shape index (κ1) is 13.8. The first-order valence-electron chi connectivity index (χ1n) is 6.02. The van der Waals surface area contributed by atoms with Crippen LogP contribution in [0.5, 0.6) is 11.5 Å². The number of nitrogens with two attached hydrogens (primary N) is 1. The summed E-state index contributed by atoms with van der Waals surface area (Å²) in [6, 6.07) is 10.0. The van der Waals surface area contributed by atoms with Crippen molar-refractivity contribution in [3.05, 3.63) is 58.4 Å². The second kappa shape index (κ2) is 6.04. The van der Waals surface area contributed by atoms with Gasteiger partial charge in [-0.15, -0.1) is 0 Å². The lowest BCUT2D eigenvalue weighted by Gasteiger charge is -2.11. The molecule has 4 heteroatoms. The Morgan fingerprint density at radius 3 is 2.68 bits per heavy atom. The van der Waals surface area contributed by atoms with Gasteiger partial charge in [0.2, 0.25) is 0 Å². The minimum Gasteiger partial charge on any atom is -0.457 e. The standard InChI is InChI=1S/C15H15ClFNO/c1-10-8-13(3-4-14(10)17)19-15-5-2-12(16)9-11(15)6-7-18/h2-5,8-9H,6-7,18H2,1H3. The van der Waals surface area contributed by atoms with Gasteiger partial charge in [0.05, 0.1) is 0 Å². The van der Waals surface area contributed by atoms with Crippen LogP contribution >= 0.6 is 11.6 Å². The van der Waals surface area contributed by atoms with Gasteiger partial charge in [-0.05, 0) is 67.4 Å². The van der Waals surface area contributed by atoms with Crippen molar-refractivity contribution < 1.29 is 9.13 Å². The molecule has 0 aliphatic carbocycles. The van der Waals surface area contributed by atoms with Crippen LogP contribution in [0, 0.1) is 12.7 Å². The number of hydrogen-bond donors (Lipinski definition) is 1. The smallest absolute Gasteiger partial charge is 0.130 e. The molecule has 2 aromatic rings. The fourth-order valence-electron chi connectivity index (χ4n) is 1.81. The van der Waals surface area contributed by atoms with Gasteiger partial charge in [0, 0.05) is 5.02 Å². The minimum absolute atomic E-state index is 0.245. The monoisotopic (exact) mass is 279 g/mol. The van der Waals surface area contributed by atoms with E-state index in [9.17, 15) is 4.39 Å². The summed E-state index contributed by atoms with van der Waals surface area (Å²) in [6.45, 7) is 2.21. The molecule has 0 aliphatic heterocycles. The molecule has 0 aliphatic rings. The van der Waals surface area contributed by atoms with Crippen molar-refractivity contribution >= 4 is 11.6 Å². The van der Waals surface area contributed by atoms with Crippen LogP contribution in [0.25, 0.3) is 0 Å². The molecule has 0 heterocycles. The SMILES string of the molecule is Cc1cc(Oc2ccc(Cl)cc2CCN)ccc1F. The first-order chi connectivity index (χ1) is 9.10. The van der Waals surface area contributed by atoms with Crippen LogP contribution in [0.15, 0.2) is 36.4 Å². The molecule has 19 heavy (non-hydrogen) atoms. The summed E-state index contributed by atoms with van der Waals surface area (Å²) in [7, 11) is 0. The van der Waals surface area contributed by atoms with E-state index in [0.717, 1.165) is 5.56 Å². The summed E-state index contributed by atoms with van der Waals surface area (Å²) >= 11 is 5.96. The highest BCUT2D eigenvalue weighted by atomic mass is 35.5. The maximum atomic E-state index is 13.2. The van der Waals surface area contributed by atoms with Crippen LogP contribution < -0.4 is 10.5 Å². The minimum atomic E-state index is -0.245. The lowest BCUT2D eigenvalue weighted by molar-refractivity contribution is 0.473. The van der Waals surface area contributed by atoms with E-state index in [2.05, 4.69) is 0 Å². The second-order valence-corrected chi connectivity index (χ2v) is 4.74. The highest BCUT2D eigenvalue weighted by Crippen LogP contribution is 2.29. The van der Waals surface area contributed by atoms with E-state index < -0.39 is 0 Å². The summed E-state index contributed by atoms with van der Waals surface area (Å²) in [5, 5.41) is 0.645. The van der Waals surface area contributed by atoms with Gasteiger partial charge in [-0.25, -0.2) is 4.39 Å². The number of ether oxygens (including phenoxy) is 1. The van der Waals surface area contributed by atoms with Crippen molar-refractivity contribution in [2.45, 2.75) is 13.3 Å². The molecule has 2 N–H and O–H groups in total. The van der Waals surface area contributed by atoms with Crippen LogP contribution in [0.3, 0.4) is 0 Å². The molecule has 0 atom stereocenters. The van der Waals surface area contributed by atoms with Crippen molar-refractivity contribution in [2.75, 3.05) is 6.54 Å². The van der Waals surface area contributed by atoms with Gasteiger partial charge < -0.3 is 10.5 Å². The van der Waals surface area contributed by atoms with Gasteiger partial charge in [0.15, 0.2) is 0 Å². The highest BCUT2D eigenvalue weighted by molar-refractivity contribution is 6.30. The van der Waals surface area contributed by atoms with Crippen molar-refractivity contribution in [2.24, 2.45) is 5.73 Å². The fraction of sp³-hybridized carbons (Fsp3) is 0.200. The molecule has 0 bridgehead atoms. The zero-order chi connectivity index (χ0) is 13.8. The maximum absolute atomic E-state index is 13.2. The Morgan fingerprint density at radius 2 is 2.00 bits per heavy atom. The number of aryl methyl sites for hydroxylation is 1. The molecule has 0 amide bonds. The number of hydrogen-bond acceptors (Lipinski definition) is 2. The van der Waals surface area contributed by atoms with Gasteiger partial charge in [0.1, 0.15) is 17.3 Å². The van der Waals surface area contributed by atoms with Crippen LogP contribution in [0.4, 0.5) is 4.39 Å². The van der Waals surface area contributed by atoms with E-state index >= 15 is 0 Å². The van der Waals surface area contributed by atoms with Crippen molar-refractivity contribution in [1.29, 1.82) is 0 Å². The van der Waals surface area contributed by atoms with Gasteiger partial charge >= 0.3 is 0 Å². The fourth-order valence-corrected chi connectivity index (χ4v) is 2.00. The third-order valence-corrected chi connectivity index (χ3v) is 3.03. The molecule has 0 fully saturated rings. The van der Waals surface area contributed by atoms with Gasteiger partial charge in [0.25, 0.3) is 0 Å². The maximum Gasteiger partial charge on any atom is 0.130 e. The highest BCUT2D eigenvalue weighted by Gasteiger charge is 2.07. The molecule has 0 aromatic heterocycles. The van der Waals surface area contributed by atoms with E-state index in [4.69, 9.17) is 22.1 Å². The topological polar surface area (TPSA) is 35.2 Å². The Hall–Kier alpha value is -1.58. The molecule has 100 valence electrons. The predicted molar refractivity (Wildman–Crippen MR) is 75.4 cm³/mol. The Morgan fingerprint density at radius 1 is 1.21 bits per heavy atom. The normalized spacial score (nSPS) is 10.5. The predicted octanol–water partition coefficient (Wildman–Crippen LogP) is 4.08. The quantitative estimate of drug-likeness (QED) is 0.915.